The van der Waals surface area contributed by atoms with Crippen LogP contribution >= 0.6 is 22.7 Å². The van der Waals surface area contributed by atoms with E-state index < -0.39 is 17.6 Å². The summed E-state index contributed by atoms with van der Waals surface area (Å²) in [6, 6.07) is 12.0. The molecule has 162 valence electrons. The smallest absolute Gasteiger partial charge is 0.543 e. The molecule has 7 nitrogen and oxygen atoms in total. The van der Waals surface area contributed by atoms with E-state index in [0.717, 1.165) is 16.1 Å². The summed E-state index contributed by atoms with van der Waals surface area (Å²) >= 11 is 2.80. The Morgan fingerprint density at radius 3 is 2.33 bits per heavy atom. The number of anilines is 1. The zero-order valence-electron chi connectivity index (χ0n) is 18.4. The second-order valence-corrected chi connectivity index (χ2v) is 9.17. The molecule has 0 N–H and O–H groups in total. The molecule has 4 rings (SSSR count). The largest absolute Gasteiger partial charge is 1.00 e. The molecule has 0 unspecified atom stereocenters. The van der Waals surface area contributed by atoms with E-state index in [2.05, 4.69) is 40.9 Å². The fraction of sp³-hybridized carbons (Fsp3) is 0.174. The van der Waals surface area contributed by atoms with Gasteiger partial charge < -0.3 is 9.90 Å². The van der Waals surface area contributed by atoms with Crippen LogP contribution in [0.15, 0.2) is 59.6 Å². The van der Waals surface area contributed by atoms with Crippen LogP contribution in [0, 0.1) is 0 Å². The third-order valence-corrected chi connectivity index (χ3v) is 6.55. The monoisotopic (exact) mass is 486 g/mol. The first-order valence-corrected chi connectivity index (χ1v) is 11.6. The molecule has 3 heterocycles. The van der Waals surface area contributed by atoms with Gasteiger partial charge >= 0.3 is 29.6 Å². The molecule has 33 heavy (non-hydrogen) atoms. The predicted molar refractivity (Wildman–Crippen MR) is 123 cm³/mol. The zero-order valence-corrected chi connectivity index (χ0v) is 22.0. The first kappa shape index (κ1) is 25.2. The number of carbonyl (C=O) groups excluding carboxylic acids is 2. The molecule has 1 aromatic carbocycles. The van der Waals surface area contributed by atoms with Gasteiger partial charge in [-0.2, -0.15) is 0 Å². The van der Waals surface area contributed by atoms with Gasteiger partial charge in [0.1, 0.15) is 5.69 Å². The molecule has 0 spiro atoms. The first-order chi connectivity index (χ1) is 15.4. The maximum atomic E-state index is 13.4. The van der Waals surface area contributed by atoms with E-state index in [-0.39, 0.29) is 41.8 Å². The van der Waals surface area contributed by atoms with Gasteiger partial charge in [0.05, 0.1) is 18.2 Å². The summed E-state index contributed by atoms with van der Waals surface area (Å²) in [5, 5.41) is 15.7. The fourth-order valence-electron chi connectivity index (χ4n) is 3.12. The summed E-state index contributed by atoms with van der Waals surface area (Å²) in [6.45, 7) is 4.51. The van der Waals surface area contributed by atoms with Gasteiger partial charge in [0.15, 0.2) is 10.8 Å². The number of hydrogen-bond donors (Lipinski definition) is 0. The maximum Gasteiger partial charge on any atom is 1.00 e. The van der Waals surface area contributed by atoms with Crippen molar-refractivity contribution in [2.75, 3.05) is 4.90 Å². The minimum Gasteiger partial charge on any atom is -0.543 e. The van der Waals surface area contributed by atoms with E-state index in [0.29, 0.717) is 11.0 Å². The van der Waals surface area contributed by atoms with Gasteiger partial charge in [-0.1, -0.05) is 44.2 Å². The van der Waals surface area contributed by atoms with Crippen molar-refractivity contribution in [2.24, 2.45) is 0 Å². The number of carbonyl (C=O) groups is 2. The number of carboxylic acid groups (broad SMARTS) is 1. The van der Waals surface area contributed by atoms with Crippen LogP contribution in [0.4, 0.5) is 5.13 Å². The molecule has 1 amide bonds. The standard InChI is InChI=1S/C23H20N4O3S2.Na/c1-14(2)15-5-7-16(8-6-15)18-13-32-23(26-18)27(12-17-4-3-11-31-17)21(28)19-20(22(29)30)25-10-9-24-19;/h3-11,13-14H,12H2,1-2H3,(H,29,30);/q;+1/p-1. The SMILES string of the molecule is CC(C)c1ccc(-c2csc(N(Cc3cccs3)C(=O)c3nccnc3C(=O)[O-])n2)cc1.[Na+]. The van der Waals surface area contributed by atoms with Crippen molar-refractivity contribution in [1.82, 2.24) is 15.0 Å². The van der Waals surface area contributed by atoms with Gasteiger partial charge in [-0.05, 0) is 22.9 Å². The molecule has 0 aliphatic heterocycles. The minimum absolute atomic E-state index is 0. The van der Waals surface area contributed by atoms with E-state index >= 15 is 0 Å². The summed E-state index contributed by atoms with van der Waals surface area (Å²) in [7, 11) is 0. The van der Waals surface area contributed by atoms with Crippen LogP contribution < -0.4 is 39.6 Å². The molecule has 0 saturated carbocycles. The third kappa shape index (κ3) is 5.74. The molecule has 0 radical (unpaired) electrons. The molecule has 0 bridgehead atoms. The molecule has 0 fully saturated rings. The van der Waals surface area contributed by atoms with Crippen LogP contribution in [0.5, 0.6) is 0 Å². The predicted octanol–water partition coefficient (Wildman–Crippen LogP) is 1.000. The van der Waals surface area contributed by atoms with Crippen molar-refractivity contribution in [2.45, 2.75) is 26.3 Å². The molecule has 0 aliphatic carbocycles. The number of aromatic carboxylic acids is 1. The number of hydrogen-bond acceptors (Lipinski definition) is 8. The number of rotatable bonds is 7. The van der Waals surface area contributed by atoms with Crippen molar-refractivity contribution in [3.8, 4) is 11.3 Å². The Bertz CT molecular complexity index is 1240. The Balaban J connectivity index is 0.00000306. The number of benzene rings is 1. The second-order valence-electron chi connectivity index (χ2n) is 7.30. The molecule has 3 aromatic heterocycles. The van der Waals surface area contributed by atoms with E-state index in [1.807, 2.05) is 35.0 Å². The van der Waals surface area contributed by atoms with E-state index in [4.69, 9.17) is 0 Å². The van der Waals surface area contributed by atoms with Crippen LogP contribution in [0.25, 0.3) is 11.3 Å². The number of carboxylic acids is 1. The first-order valence-electron chi connectivity index (χ1n) is 9.86. The molecular weight excluding hydrogens is 467 g/mol. The normalized spacial score (nSPS) is 10.6. The van der Waals surface area contributed by atoms with Gasteiger partial charge in [-0.3, -0.25) is 14.7 Å². The van der Waals surface area contributed by atoms with Crippen LogP contribution in [-0.4, -0.2) is 26.8 Å². The number of aromatic nitrogens is 3. The molecule has 0 atom stereocenters. The molecule has 10 heteroatoms. The Hall–Kier alpha value is -2.43. The summed E-state index contributed by atoms with van der Waals surface area (Å²) < 4.78 is 0. The van der Waals surface area contributed by atoms with Crippen LogP contribution in [0.1, 0.15) is 51.2 Å². The van der Waals surface area contributed by atoms with Crippen LogP contribution in [0.3, 0.4) is 0 Å². The van der Waals surface area contributed by atoms with Crippen molar-refractivity contribution < 1.29 is 44.3 Å². The summed E-state index contributed by atoms with van der Waals surface area (Å²) in [6.07, 6.45) is 2.50. The topological polar surface area (TPSA) is 99.1 Å². The molecule has 0 saturated heterocycles. The Morgan fingerprint density at radius 1 is 1.03 bits per heavy atom. The van der Waals surface area contributed by atoms with Gasteiger partial charge in [-0.15, -0.1) is 22.7 Å². The number of nitrogens with zero attached hydrogens (tertiary/aromatic N) is 4. The average molecular weight is 487 g/mol. The Kier molecular flexibility index (Phi) is 8.50. The number of thiazole rings is 1. The van der Waals surface area contributed by atoms with Crippen LogP contribution in [-0.2, 0) is 6.54 Å². The van der Waals surface area contributed by atoms with E-state index in [9.17, 15) is 14.7 Å². The maximum absolute atomic E-state index is 13.4. The van der Waals surface area contributed by atoms with Crippen molar-refractivity contribution in [1.29, 1.82) is 0 Å². The number of amides is 1. The Labute approximate surface area is 221 Å². The van der Waals surface area contributed by atoms with Gasteiger partial charge in [0.2, 0.25) is 0 Å². The average Bonchev–Trinajstić information content (AvgIpc) is 3.49. The molecule has 4 aromatic rings. The van der Waals surface area contributed by atoms with E-state index in [1.165, 1.54) is 45.5 Å². The van der Waals surface area contributed by atoms with Crippen molar-refractivity contribution in [3.05, 3.63) is 81.4 Å². The minimum atomic E-state index is -1.55. The van der Waals surface area contributed by atoms with Gasteiger partial charge in [0.25, 0.3) is 5.91 Å². The summed E-state index contributed by atoms with van der Waals surface area (Å²) in [5.41, 5.74) is 2.15. The fourth-order valence-corrected chi connectivity index (χ4v) is 4.64. The van der Waals surface area contributed by atoms with Gasteiger partial charge in [-0.25, -0.2) is 9.97 Å². The van der Waals surface area contributed by atoms with Crippen molar-refractivity contribution in [3.63, 3.8) is 0 Å². The van der Waals surface area contributed by atoms with Crippen LogP contribution in [0.2, 0.25) is 0 Å². The van der Waals surface area contributed by atoms with Crippen molar-refractivity contribution >= 4 is 39.7 Å². The summed E-state index contributed by atoms with van der Waals surface area (Å²) in [4.78, 5) is 39.6. The van der Waals surface area contributed by atoms with E-state index in [1.54, 1.807) is 0 Å². The quantitative estimate of drug-likeness (QED) is 0.362. The molecular formula is C23H19N4NaO3S2. The summed E-state index contributed by atoms with van der Waals surface area (Å²) in [5.74, 6) is -1.72. The second kappa shape index (κ2) is 11.1. The van der Waals surface area contributed by atoms with Gasteiger partial charge in [0, 0.05) is 28.2 Å². The Morgan fingerprint density at radius 2 is 1.73 bits per heavy atom. The molecule has 0 aliphatic rings. The third-order valence-electron chi connectivity index (χ3n) is 4.83. The number of thiophene rings is 1. The zero-order chi connectivity index (χ0) is 22.7.